The minimum atomic E-state index is -0.373. The van der Waals surface area contributed by atoms with Crippen LogP contribution in [-0.4, -0.2) is 26.0 Å². The lowest BCUT2D eigenvalue weighted by Crippen LogP contribution is -2.29. The predicted octanol–water partition coefficient (Wildman–Crippen LogP) is 4.41. The Balaban J connectivity index is 1.75. The molecule has 0 aliphatic carbocycles. The van der Waals surface area contributed by atoms with Crippen LogP contribution in [-0.2, 0) is 13.1 Å². The van der Waals surface area contributed by atoms with Crippen LogP contribution in [0.25, 0.3) is 0 Å². The van der Waals surface area contributed by atoms with Gasteiger partial charge in [-0.25, -0.2) is 0 Å². The highest BCUT2D eigenvalue weighted by molar-refractivity contribution is 5.39. The van der Waals surface area contributed by atoms with Crippen LogP contribution in [0.1, 0.15) is 34.8 Å². The number of phenolic OH excluding ortho intramolecular Hbond substituents is 1. The van der Waals surface area contributed by atoms with Crippen molar-refractivity contribution in [3.05, 3.63) is 93.3 Å². The molecule has 0 unspecified atom stereocenters. The Hall–Kier alpha value is -3.12. The number of nitro groups is 1. The molecule has 1 aliphatic heterocycles. The SMILES string of the molecule is Cc1ccc(O)c(CN2CCCn3cccc3[C@H]2c2ccc([N+](=O)[O-])cc2)c1. The number of aromatic nitrogens is 1. The van der Waals surface area contributed by atoms with Crippen molar-refractivity contribution < 1.29 is 10.0 Å². The molecule has 0 amide bonds. The summed E-state index contributed by atoms with van der Waals surface area (Å²) >= 11 is 0. The number of hydrogen-bond acceptors (Lipinski definition) is 4. The quantitative estimate of drug-likeness (QED) is 0.540. The van der Waals surface area contributed by atoms with Gasteiger partial charge in [0.15, 0.2) is 0 Å². The van der Waals surface area contributed by atoms with Gasteiger partial charge in [-0.3, -0.25) is 15.0 Å². The first kappa shape index (κ1) is 18.3. The number of aryl methyl sites for hydroxylation is 2. The van der Waals surface area contributed by atoms with Gasteiger partial charge in [-0.1, -0.05) is 29.8 Å². The fourth-order valence-electron chi connectivity index (χ4n) is 4.03. The molecule has 6 nitrogen and oxygen atoms in total. The second-order valence-corrected chi connectivity index (χ2v) is 7.33. The van der Waals surface area contributed by atoms with Crippen molar-refractivity contribution in [2.24, 2.45) is 0 Å². The molecule has 144 valence electrons. The molecule has 2 heterocycles. The Kier molecular flexibility index (Phi) is 4.88. The molecule has 6 heteroatoms. The fraction of sp³-hybridized carbons (Fsp3) is 0.273. The molecule has 0 saturated carbocycles. The molecule has 1 N–H and O–H groups in total. The Bertz CT molecular complexity index is 995. The summed E-state index contributed by atoms with van der Waals surface area (Å²) in [5, 5.41) is 21.4. The predicted molar refractivity (Wildman–Crippen MR) is 107 cm³/mol. The zero-order chi connectivity index (χ0) is 19.7. The van der Waals surface area contributed by atoms with Crippen molar-refractivity contribution in [3.63, 3.8) is 0 Å². The van der Waals surface area contributed by atoms with E-state index in [1.807, 2.05) is 37.3 Å². The van der Waals surface area contributed by atoms with Gasteiger partial charge in [0.05, 0.1) is 11.0 Å². The third-order valence-corrected chi connectivity index (χ3v) is 5.38. The molecule has 0 radical (unpaired) electrons. The maximum absolute atomic E-state index is 11.0. The van der Waals surface area contributed by atoms with Gasteiger partial charge in [0.1, 0.15) is 5.75 Å². The van der Waals surface area contributed by atoms with Gasteiger partial charge in [-0.15, -0.1) is 0 Å². The van der Waals surface area contributed by atoms with Crippen LogP contribution in [0, 0.1) is 17.0 Å². The molecular weight excluding hydrogens is 354 g/mol. The topological polar surface area (TPSA) is 71.5 Å². The van der Waals surface area contributed by atoms with E-state index in [0.29, 0.717) is 12.3 Å². The van der Waals surface area contributed by atoms with Gasteiger partial charge >= 0.3 is 0 Å². The second-order valence-electron chi connectivity index (χ2n) is 7.33. The van der Waals surface area contributed by atoms with Gasteiger partial charge in [0, 0.05) is 49.2 Å². The summed E-state index contributed by atoms with van der Waals surface area (Å²) in [4.78, 5) is 13.0. The first-order chi connectivity index (χ1) is 13.5. The average molecular weight is 377 g/mol. The monoisotopic (exact) mass is 377 g/mol. The lowest BCUT2D eigenvalue weighted by atomic mass is 10.00. The zero-order valence-corrected chi connectivity index (χ0v) is 15.8. The summed E-state index contributed by atoms with van der Waals surface area (Å²) in [5.74, 6) is 0.299. The normalized spacial score (nSPS) is 17.1. The molecule has 2 aromatic carbocycles. The summed E-state index contributed by atoms with van der Waals surface area (Å²) in [6.07, 6.45) is 3.08. The molecule has 1 aliphatic rings. The number of aromatic hydroxyl groups is 1. The number of nitrogens with zero attached hydrogens (tertiary/aromatic N) is 3. The van der Waals surface area contributed by atoms with E-state index in [1.165, 1.54) is 5.69 Å². The summed E-state index contributed by atoms with van der Waals surface area (Å²) in [6, 6.07) is 16.6. The maximum atomic E-state index is 11.0. The van der Waals surface area contributed by atoms with Crippen LogP contribution < -0.4 is 0 Å². The van der Waals surface area contributed by atoms with E-state index in [-0.39, 0.29) is 16.7 Å². The van der Waals surface area contributed by atoms with Crippen LogP contribution >= 0.6 is 0 Å². The summed E-state index contributed by atoms with van der Waals surface area (Å²) in [7, 11) is 0. The number of nitro benzene ring substituents is 1. The van der Waals surface area contributed by atoms with Crippen molar-refractivity contribution in [2.45, 2.75) is 32.5 Å². The molecule has 0 fully saturated rings. The van der Waals surface area contributed by atoms with Gasteiger partial charge < -0.3 is 9.67 Å². The van der Waals surface area contributed by atoms with E-state index < -0.39 is 0 Å². The largest absolute Gasteiger partial charge is 0.508 e. The first-order valence-electron chi connectivity index (χ1n) is 9.45. The number of phenols is 1. The fourth-order valence-corrected chi connectivity index (χ4v) is 4.03. The number of benzene rings is 2. The molecule has 3 aromatic rings. The molecule has 1 aromatic heterocycles. The first-order valence-corrected chi connectivity index (χ1v) is 9.45. The molecule has 4 rings (SSSR count). The van der Waals surface area contributed by atoms with Crippen LogP contribution in [0.5, 0.6) is 5.75 Å². The summed E-state index contributed by atoms with van der Waals surface area (Å²) in [5.41, 5.74) is 4.28. The maximum Gasteiger partial charge on any atom is 0.269 e. The minimum Gasteiger partial charge on any atom is -0.508 e. The Morgan fingerprint density at radius 1 is 1.14 bits per heavy atom. The highest BCUT2D eigenvalue weighted by Crippen LogP contribution is 2.35. The van der Waals surface area contributed by atoms with Crippen molar-refractivity contribution in [1.29, 1.82) is 0 Å². The van der Waals surface area contributed by atoms with E-state index in [4.69, 9.17) is 0 Å². The number of fused-ring (bicyclic) bond motifs is 1. The van der Waals surface area contributed by atoms with Crippen molar-refractivity contribution in [1.82, 2.24) is 9.47 Å². The molecule has 0 saturated heterocycles. The van der Waals surface area contributed by atoms with E-state index in [0.717, 1.165) is 36.2 Å². The summed E-state index contributed by atoms with van der Waals surface area (Å²) < 4.78 is 2.25. The third-order valence-electron chi connectivity index (χ3n) is 5.38. The van der Waals surface area contributed by atoms with E-state index >= 15 is 0 Å². The standard InChI is InChI=1S/C22H23N3O3/c1-16-5-10-21(26)18(14-16)15-24-13-3-12-23-11-2-4-20(23)22(24)17-6-8-19(9-7-17)25(27)28/h2,4-11,14,22,26H,3,12-13,15H2,1H3/t22-/m1/s1. The Morgan fingerprint density at radius 3 is 2.68 bits per heavy atom. The smallest absolute Gasteiger partial charge is 0.269 e. The van der Waals surface area contributed by atoms with Gasteiger partial charge in [0.25, 0.3) is 5.69 Å². The lowest BCUT2D eigenvalue weighted by molar-refractivity contribution is -0.384. The Morgan fingerprint density at radius 2 is 1.93 bits per heavy atom. The van der Waals surface area contributed by atoms with E-state index in [1.54, 1.807) is 18.2 Å². The van der Waals surface area contributed by atoms with Crippen molar-refractivity contribution in [3.8, 4) is 5.75 Å². The van der Waals surface area contributed by atoms with Crippen molar-refractivity contribution >= 4 is 5.69 Å². The minimum absolute atomic E-state index is 0.0294. The number of hydrogen-bond donors (Lipinski definition) is 1. The average Bonchev–Trinajstić information content (AvgIpc) is 3.06. The lowest BCUT2D eigenvalue weighted by Gasteiger charge is -2.31. The number of non-ortho nitro benzene ring substituents is 1. The molecule has 1 atom stereocenters. The summed E-state index contributed by atoms with van der Waals surface area (Å²) in [6.45, 7) is 4.43. The van der Waals surface area contributed by atoms with Crippen LogP contribution in [0.3, 0.4) is 0 Å². The van der Waals surface area contributed by atoms with Crippen LogP contribution in [0.15, 0.2) is 60.8 Å². The van der Waals surface area contributed by atoms with Crippen LogP contribution in [0.2, 0.25) is 0 Å². The van der Waals surface area contributed by atoms with Gasteiger partial charge in [-0.2, -0.15) is 0 Å². The van der Waals surface area contributed by atoms with Gasteiger partial charge in [0.2, 0.25) is 0 Å². The highest BCUT2D eigenvalue weighted by Gasteiger charge is 2.28. The molecule has 0 bridgehead atoms. The number of rotatable bonds is 4. The van der Waals surface area contributed by atoms with Crippen molar-refractivity contribution in [2.75, 3.05) is 6.54 Å². The molecular formula is C22H23N3O3. The van der Waals surface area contributed by atoms with E-state index in [2.05, 4.69) is 21.7 Å². The second kappa shape index (κ2) is 7.48. The molecule has 0 spiro atoms. The van der Waals surface area contributed by atoms with Gasteiger partial charge in [-0.05, 0) is 37.1 Å². The van der Waals surface area contributed by atoms with E-state index in [9.17, 15) is 15.2 Å². The van der Waals surface area contributed by atoms with Crippen LogP contribution in [0.4, 0.5) is 5.69 Å². The Labute approximate surface area is 163 Å². The molecule has 28 heavy (non-hydrogen) atoms. The zero-order valence-electron chi connectivity index (χ0n) is 15.8. The third kappa shape index (κ3) is 3.51. The highest BCUT2D eigenvalue weighted by atomic mass is 16.6.